The van der Waals surface area contributed by atoms with E-state index in [1.165, 1.54) is 19.4 Å². The first kappa shape index (κ1) is 16.7. The lowest BCUT2D eigenvalue weighted by Crippen LogP contribution is -2.55. The number of piperidine rings is 1. The van der Waals surface area contributed by atoms with Crippen molar-refractivity contribution < 1.29 is 4.39 Å². The van der Waals surface area contributed by atoms with Crippen molar-refractivity contribution >= 4 is 29.8 Å². The molecule has 3 rings (SSSR count). The van der Waals surface area contributed by atoms with Gasteiger partial charge in [0, 0.05) is 17.6 Å². The van der Waals surface area contributed by atoms with Crippen molar-refractivity contribution in [2.75, 3.05) is 11.9 Å². The van der Waals surface area contributed by atoms with E-state index in [1.807, 2.05) is 0 Å². The van der Waals surface area contributed by atoms with Crippen LogP contribution in [0.25, 0.3) is 0 Å². The van der Waals surface area contributed by atoms with Gasteiger partial charge in [-0.25, -0.2) is 9.37 Å². The smallest absolute Gasteiger partial charge is 0.224 e. The Labute approximate surface area is 135 Å². The van der Waals surface area contributed by atoms with E-state index in [0.717, 1.165) is 19.0 Å². The summed E-state index contributed by atoms with van der Waals surface area (Å²) in [5, 5.41) is 3.30. The lowest BCUT2D eigenvalue weighted by molar-refractivity contribution is 0.0500. The number of hydrogen-bond donors (Lipinski definition) is 1. The molecule has 2 unspecified atom stereocenters. The van der Waals surface area contributed by atoms with Crippen LogP contribution in [0.1, 0.15) is 39.5 Å². The van der Waals surface area contributed by atoms with E-state index < -0.39 is 5.82 Å². The van der Waals surface area contributed by atoms with Gasteiger partial charge in [-0.3, -0.25) is 4.90 Å². The summed E-state index contributed by atoms with van der Waals surface area (Å²) < 4.78 is 13.7. The molecule has 0 aromatic carbocycles. The van der Waals surface area contributed by atoms with Crippen LogP contribution >= 0.6 is 24.0 Å². The average molecular weight is 335 g/mol. The van der Waals surface area contributed by atoms with Crippen LogP contribution in [0.3, 0.4) is 0 Å². The first-order valence-electron chi connectivity index (χ1n) is 7.17. The molecule has 7 heteroatoms. The van der Waals surface area contributed by atoms with E-state index in [9.17, 15) is 4.39 Å². The zero-order valence-electron chi connectivity index (χ0n) is 12.3. The van der Waals surface area contributed by atoms with Crippen molar-refractivity contribution in [3.05, 3.63) is 17.3 Å². The second-order valence-electron chi connectivity index (χ2n) is 6.42. The minimum atomic E-state index is -0.443. The van der Waals surface area contributed by atoms with Crippen LogP contribution in [0, 0.1) is 5.82 Å². The normalized spacial score (nSPS) is 27.8. The van der Waals surface area contributed by atoms with Gasteiger partial charge in [-0.05, 0) is 57.7 Å². The summed E-state index contributed by atoms with van der Waals surface area (Å²) in [6, 6.07) is 0.821. The van der Waals surface area contributed by atoms with Gasteiger partial charge < -0.3 is 5.32 Å². The van der Waals surface area contributed by atoms with Crippen LogP contribution < -0.4 is 5.32 Å². The molecule has 0 radical (unpaired) electrons. The van der Waals surface area contributed by atoms with Gasteiger partial charge in [-0.2, -0.15) is 4.98 Å². The number of halogens is 3. The van der Waals surface area contributed by atoms with Crippen LogP contribution in [-0.4, -0.2) is 39.0 Å². The van der Waals surface area contributed by atoms with Gasteiger partial charge >= 0.3 is 0 Å². The second kappa shape index (κ2) is 6.23. The molecule has 3 heterocycles. The summed E-state index contributed by atoms with van der Waals surface area (Å²) in [4.78, 5) is 10.2. The number of nitrogens with one attached hydrogen (secondary N) is 1. The zero-order valence-corrected chi connectivity index (χ0v) is 13.8. The largest absolute Gasteiger partial charge is 0.365 e. The number of fused-ring (bicyclic) bond motifs is 1. The second-order valence-corrected chi connectivity index (χ2v) is 6.76. The Morgan fingerprint density at radius 3 is 3.00 bits per heavy atom. The predicted molar refractivity (Wildman–Crippen MR) is 84.7 cm³/mol. The van der Waals surface area contributed by atoms with Gasteiger partial charge in [0.1, 0.15) is 0 Å². The van der Waals surface area contributed by atoms with Crippen molar-refractivity contribution in [3.8, 4) is 0 Å². The van der Waals surface area contributed by atoms with E-state index in [4.69, 9.17) is 11.6 Å². The Bertz CT molecular complexity index is 512. The Kier molecular flexibility index (Phi) is 4.96. The number of anilines is 1. The van der Waals surface area contributed by atoms with Crippen LogP contribution in [0.5, 0.6) is 0 Å². The molecule has 1 aromatic heterocycles. The fraction of sp³-hybridized carbons (Fsp3) is 0.714. The molecular formula is C14H21Cl2FN4. The Balaban J connectivity index is 0.00000161. The highest BCUT2D eigenvalue weighted by molar-refractivity contribution is 6.28. The number of hydrogen-bond acceptors (Lipinski definition) is 4. The first-order chi connectivity index (χ1) is 9.45. The summed E-state index contributed by atoms with van der Waals surface area (Å²) in [6.07, 6.45) is 5.62. The molecule has 2 aliphatic rings. The number of nitrogens with zero attached hydrogens (tertiary/aromatic N) is 3. The fourth-order valence-corrected chi connectivity index (χ4v) is 3.89. The summed E-state index contributed by atoms with van der Waals surface area (Å²) in [7, 11) is 0. The molecular weight excluding hydrogens is 314 g/mol. The highest BCUT2D eigenvalue weighted by Gasteiger charge is 2.42. The average Bonchev–Trinajstić information content (AvgIpc) is 2.82. The van der Waals surface area contributed by atoms with Gasteiger partial charge in [0.25, 0.3) is 0 Å². The van der Waals surface area contributed by atoms with Crippen molar-refractivity contribution in [2.45, 2.75) is 57.2 Å². The van der Waals surface area contributed by atoms with Crippen molar-refractivity contribution in [2.24, 2.45) is 0 Å². The van der Waals surface area contributed by atoms with Crippen LogP contribution in [0.15, 0.2) is 6.20 Å². The molecule has 0 saturated carbocycles. The third kappa shape index (κ3) is 3.41. The lowest BCUT2D eigenvalue weighted by Gasteiger charge is -2.47. The third-order valence-corrected chi connectivity index (χ3v) is 4.69. The van der Waals surface area contributed by atoms with Gasteiger partial charge in [0.2, 0.25) is 5.28 Å². The zero-order chi connectivity index (χ0) is 14.3. The summed E-state index contributed by atoms with van der Waals surface area (Å²) in [5.41, 5.74) is 0.143. The van der Waals surface area contributed by atoms with E-state index in [0.29, 0.717) is 6.04 Å². The first-order valence-corrected chi connectivity index (χ1v) is 7.55. The van der Waals surface area contributed by atoms with E-state index in [1.54, 1.807) is 0 Å². The van der Waals surface area contributed by atoms with Gasteiger partial charge in [-0.1, -0.05) is 0 Å². The summed E-state index contributed by atoms with van der Waals surface area (Å²) in [5.74, 6) is -0.224. The SMILES string of the molecule is CC1(C)CC(Nc2nc(Cl)ncc2F)CC2CCCN21.Cl. The number of rotatable bonds is 2. The van der Waals surface area contributed by atoms with Crippen molar-refractivity contribution in [3.63, 3.8) is 0 Å². The molecule has 0 aliphatic carbocycles. The number of aromatic nitrogens is 2. The Hall–Kier alpha value is -0.650. The van der Waals surface area contributed by atoms with Crippen LogP contribution in [0.2, 0.25) is 5.28 Å². The molecule has 0 amide bonds. The van der Waals surface area contributed by atoms with Crippen molar-refractivity contribution in [1.82, 2.24) is 14.9 Å². The van der Waals surface area contributed by atoms with Crippen LogP contribution in [0.4, 0.5) is 10.2 Å². The summed E-state index contributed by atoms with van der Waals surface area (Å²) in [6.45, 7) is 5.71. The summed E-state index contributed by atoms with van der Waals surface area (Å²) >= 11 is 5.74. The minimum absolute atomic E-state index is 0. The Morgan fingerprint density at radius 1 is 1.48 bits per heavy atom. The fourth-order valence-electron chi connectivity index (χ4n) is 3.76. The highest BCUT2D eigenvalue weighted by Crippen LogP contribution is 2.38. The maximum atomic E-state index is 13.7. The quantitative estimate of drug-likeness (QED) is 0.840. The Morgan fingerprint density at radius 2 is 2.24 bits per heavy atom. The molecule has 2 atom stereocenters. The predicted octanol–water partition coefficient (Wildman–Crippen LogP) is 3.51. The lowest BCUT2D eigenvalue weighted by atomic mass is 9.84. The van der Waals surface area contributed by atoms with Crippen molar-refractivity contribution in [1.29, 1.82) is 0 Å². The molecule has 1 aromatic rings. The standard InChI is InChI=1S/C14H20ClFN4.ClH/c1-14(2)7-9(6-10-4-3-5-20(10)14)18-12-11(16)8-17-13(15)19-12;/h8-10H,3-7H2,1-2H3,(H,17,18,19);1H. The molecule has 0 bridgehead atoms. The monoisotopic (exact) mass is 334 g/mol. The maximum Gasteiger partial charge on any atom is 0.224 e. The highest BCUT2D eigenvalue weighted by atomic mass is 35.5. The molecule has 1 N–H and O–H groups in total. The van der Waals surface area contributed by atoms with Gasteiger partial charge in [0.05, 0.1) is 6.20 Å². The molecule has 2 fully saturated rings. The molecule has 0 spiro atoms. The molecule has 2 aliphatic heterocycles. The minimum Gasteiger partial charge on any atom is -0.365 e. The van der Waals surface area contributed by atoms with E-state index >= 15 is 0 Å². The molecule has 4 nitrogen and oxygen atoms in total. The van der Waals surface area contributed by atoms with E-state index in [2.05, 4.69) is 34.0 Å². The van der Waals surface area contributed by atoms with E-state index in [-0.39, 0.29) is 35.1 Å². The molecule has 118 valence electrons. The van der Waals surface area contributed by atoms with Crippen LogP contribution in [-0.2, 0) is 0 Å². The van der Waals surface area contributed by atoms with Gasteiger partial charge in [0.15, 0.2) is 11.6 Å². The van der Waals surface area contributed by atoms with Gasteiger partial charge in [-0.15, -0.1) is 12.4 Å². The molecule has 2 saturated heterocycles. The topological polar surface area (TPSA) is 41.1 Å². The third-order valence-electron chi connectivity index (χ3n) is 4.51. The molecule has 21 heavy (non-hydrogen) atoms. The maximum absolute atomic E-state index is 13.7.